The second-order valence-corrected chi connectivity index (χ2v) is 5.19. The van der Waals surface area contributed by atoms with Crippen LogP contribution in [0.3, 0.4) is 0 Å². The molecule has 3 aromatic rings. The van der Waals surface area contributed by atoms with Crippen LogP contribution in [0.4, 0.5) is 0 Å². The highest BCUT2D eigenvalue weighted by atomic mass is 16.2. The number of rotatable bonds is 3. The minimum absolute atomic E-state index is 0.113. The number of amides is 2. The molecule has 2 aromatic carbocycles. The van der Waals surface area contributed by atoms with Crippen LogP contribution in [-0.2, 0) is 0 Å². The Balaban J connectivity index is 2.07. The number of H-pyrrole nitrogens is 1. The van der Waals surface area contributed by atoms with Gasteiger partial charge in [0.2, 0.25) is 0 Å². The molecule has 5 heteroatoms. The van der Waals surface area contributed by atoms with Gasteiger partial charge in [-0.1, -0.05) is 24.3 Å². The minimum atomic E-state index is -0.151. The lowest BCUT2D eigenvalue weighted by Crippen LogP contribution is -2.17. The van der Waals surface area contributed by atoms with Crippen molar-refractivity contribution in [2.24, 2.45) is 0 Å². The zero-order valence-corrected chi connectivity index (χ0v) is 12.9. The van der Waals surface area contributed by atoms with Crippen LogP contribution in [0.1, 0.15) is 20.8 Å². The van der Waals surface area contributed by atoms with Crippen molar-refractivity contribution in [3.8, 4) is 11.1 Å². The van der Waals surface area contributed by atoms with Gasteiger partial charge in [0.05, 0.1) is 0 Å². The molecule has 5 nitrogen and oxygen atoms in total. The molecule has 2 amide bonds. The van der Waals surface area contributed by atoms with Crippen LogP contribution in [0.15, 0.2) is 48.5 Å². The monoisotopic (exact) mass is 307 g/mol. The molecule has 3 N–H and O–H groups in total. The summed E-state index contributed by atoms with van der Waals surface area (Å²) in [6, 6.07) is 15.1. The highest BCUT2D eigenvalue weighted by molar-refractivity contribution is 6.03. The van der Waals surface area contributed by atoms with Crippen LogP contribution >= 0.6 is 0 Å². The van der Waals surface area contributed by atoms with Gasteiger partial charge in [0.1, 0.15) is 5.69 Å². The molecule has 0 aliphatic heterocycles. The zero-order valence-electron chi connectivity index (χ0n) is 12.9. The standard InChI is InChI=1S/C18H17N3O2/c1-19-17(22)12-8-6-11(7-9-12)13-4-3-5-15-14(13)10-16(21-15)18(23)20-2/h3-10,21H,1-2H3,(H,19,22)(H,20,23). The molecule has 116 valence electrons. The van der Waals surface area contributed by atoms with Gasteiger partial charge in [-0.25, -0.2) is 0 Å². The van der Waals surface area contributed by atoms with Crippen molar-refractivity contribution in [2.45, 2.75) is 0 Å². The molecule has 0 bridgehead atoms. The predicted octanol–water partition coefficient (Wildman–Crippen LogP) is 2.55. The lowest BCUT2D eigenvalue weighted by Gasteiger charge is -2.05. The first-order chi connectivity index (χ1) is 11.1. The predicted molar refractivity (Wildman–Crippen MR) is 90.5 cm³/mol. The van der Waals surface area contributed by atoms with Gasteiger partial charge in [-0.15, -0.1) is 0 Å². The lowest BCUT2D eigenvalue weighted by atomic mass is 10.0. The first kappa shape index (κ1) is 14.8. The molecule has 0 fully saturated rings. The fraction of sp³-hybridized carbons (Fsp3) is 0.111. The highest BCUT2D eigenvalue weighted by Gasteiger charge is 2.11. The summed E-state index contributed by atoms with van der Waals surface area (Å²) >= 11 is 0. The molecule has 0 spiro atoms. The molecule has 1 heterocycles. The average Bonchev–Trinajstić information content (AvgIpc) is 3.04. The zero-order chi connectivity index (χ0) is 16.4. The molecule has 0 atom stereocenters. The molecule has 0 unspecified atom stereocenters. The van der Waals surface area contributed by atoms with E-state index in [2.05, 4.69) is 15.6 Å². The van der Waals surface area contributed by atoms with E-state index in [0.29, 0.717) is 11.3 Å². The third kappa shape index (κ3) is 2.68. The van der Waals surface area contributed by atoms with Gasteiger partial charge >= 0.3 is 0 Å². The molecule has 0 aliphatic rings. The van der Waals surface area contributed by atoms with Crippen LogP contribution in [0.2, 0.25) is 0 Å². The number of carbonyl (C=O) groups is 2. The minimum Gasteiger partial charge on any atom is -0.355 e. The van der Waals surface area contributed by atoms with Gasteiger partial charge in [-0.2, -0.15) is 0 Å². The number of fused-ring (bicyclic) bond motifs is 1. The Labute approximate surface area is 133 Å². The number of aromatic amines is 1. The summed E-state index contributed by atoms with van der Waals surface area (Å²) in [7, 11) is 3.21. The van der Waals surface area contributed by atoms with Crippen LogP contribution in [0, 0.1) is 0 Å². The Morgan fingerprint density at radius 3 is 2.26 bits per heavy atom. The maximum Gasteiger partial charge on any atom is 0.267 e. The van der Waals surface area contributed by atoms with Gasteiger partial charge in [0.25, 0.3) is 11.8 Å². The molecule has 0 radical (unpaired) electrons. The number of nitrogens with one attached hydrogen (secondary N) is 3. The number of hydrogen-bond acceptors (Lipinski definition) is 2. The van der Waals surface area contributed by atoms with E-state index >= 15 is 0 Å². The third-order valence-corrected chi connectivity index (χ3v) is 3.82. The first-order valence-electron chi connectivity index (χ1n) is 7.30. The largest absolute Gasteiger partial charge is 0.355 e. The molecule has 3 rings (SSSR count). The van der Waals surface area contributed by atoms with E-state index in [1.807, 2.05) is 36.4 Å². The summed E-state index contributed by atoms with van der Waals surface area (Å²) in [6.07, 6.45) is 0. The maximum absolute atomic E-state index is 11.8. The Morgan fingerprint density at radius 1 is 0.913 bits per heavy atom. The van der Waals surface area contributed by atoms with Crippen molar-refractivity contribution in [3.63, 3.8) is 0 Å². The fourth-order valence-electron chi connectivity index (χ4n) is 2.61. The average molecular weight is 307 g/mol. The molecule has 0 saturated carbocycles. The lowest BCUT2D eigenvalue weighted by molar-refractivity contribution is 0.0953. The summed E-state index contributed by atoms with van der Waals surface area (Å²) in [5, 5.41) is 6.19. The summed E-state index contributed by atoms with van der Waals surface area (Å²) in [6.45, 7) is 0. The normalized spacial score (nSPS) is 10.5. The second kappa shape index (κ2) is 5.96. The quantitative estimate of drug-likeness (QED) is 0.695. The van der Waals surface area contributed by atoms with Crippen molar-refractivity contribution in [1.29, 1.82) is 0 Å². The number of carbonyl (C=O) groups excluding carboxylic acids is 2. The number of hydrogen-bond donors (Lipinski definition) is 3. The summed E-state index contributed by atoms with van der Waals surface area (Å²) in [5.74, 6) is -0.263. The van der Waals surface area contributed by atoms with E-state index in [4.69, 9.17) is 0 Å². The molecule has 1 aromatic heterocycles. The Bertz CT molecular complexity index is 879. The number of aromatic nitrogens is 1. The van der Waals surface area contributed by atoms with E-state index in [1.54, 1.807) is 26.2 Å². The Hall–Kier alpha value is -3.08. The fourth-order valence-corrected chi connectivity index (χ4v) is 2.61. The van der Waals surface area contributed by atoms with Crippen LogP contribution < -0.4 is 10.6 Å². The van der Waals surface area contributed by atoms with E-state index in [0.717, 1.165) is 22.0 Å². The Kier molecular flexibility index (Phi) is 3.85. The third-order valence-electron chi connectivity index (χ3n) is 3.82. The van der Waals surface area contributed by atoms with Crippen molar-refractivity contribution < 1.29 is 9.59 Å². The van der Waals surface area contributed by atoms with Crippen molar-refractivity contribution in [2.75, 3.05) is 14.1 Å². The van der Waals surface area contributed by atoms with E-state index in [-0.39, 0.29) is 11.8 Å². The first-order valence-corrected chi connectivity index (χ1v) is 7.30. The smallest absolute Gasteiger partial charge is 0.267 e. The summed E-state index contributed by atoms with van der Waals surface area (Å²) in [5.41, 5.74) is 4.04. The van der Waals surface area contributed by atoms with Crippen molar-refractivity contribution in [3.05, 3.63) is 59.8 Å². The van der Waals surface area contributed by atoms with Crippen molar-refractivity contribution in [1.82, 2.24) is 15.6 Å². The molecular formula is C18H17N3O2. The van der Waals surface area contributed by atoms with E-state index < -0.39 is 0 Å². The Morgan fingerprint density at radius 2 is 1.61 bits per heavy atom. The molecule has 0 saturated heterocycles. The second-order valence-electron chi connectivity index (χ2n) is 5.19. The molecule has 0 aliphatic carbocycles. The van der Waals surface area contributed by atoms with Crippen LogP contribution in [0.25, 0.3) is 22.0 Å². The van der Waals surface area contributed by atoms with Crippen molar-refractivity contribution >= 4 is 22.7 Å². The van der Waals surface area contributed by atoms with Crippen LogP contribution in [0.5, 0.6) is 0 Å². The van der Waals surface area contributed by atoms with E-state index in [1.165, 1.54) is 0 Å². The maximum atomic E-state index is 11.8. The summed E-state index contributed by atoms with van der Waals surface area (Å²) < 4.78 is 0. The van der Waals surface area contributed by atoms with Gasteiger partial charge in [0, 0.05) is 30.6 Å². The van der Waals surface area contributed by atoms with Crippen LogP contribution in [-0.4, -0.2) is 30.9 Å². The number of benzene rings is 2. The molecular weight excluding hydrogens is 290 g/mol. The molecule has 23 heavy (non-hydrogen) atoms. The SMILES string of the molecule is CNC(=O)c1ccc(-c2cccc3[nH]c(C(=O)NC)cc23)cc1. The highest BCUT2D eigenvalue weighted by Crippen LogP contribution is 2.29. The van der Waals surface area contributed by atoms with Gasteiger partial charge < -0.3 is 15.6 Å². The summed E-state index contributed by atoms with van der Waals surface area (Å²) in [4.78, 5) is 26.5. The van der Waals surface area contributed by atoms with Gasteiger partial charge in [0.15, 0.2) is 0 Å². The van der Waals surface area contributed by atoms with E-state index in [9.17, 15) is 9.59 Å². The van der Waals surface area contributed by atoms with Gasteiger partial charge in [-0.3, -0.25) is 9.59 Å². The van der Waals surface area contributed by atoms with Gasteiger partial charge in [-0.05, 0) is 35.4 Å². The topological polar surface area (TPSA) is 74.0 Å².